The molecule has 0 aliphatic carbocycles. The van der Waals surface area contributed by atoms with Gasteiger partial charge in [0.15, 0.2) is 0 Å². The predicted molar refractivity (Wildman–Crippen MR) is 70.3 cm³/mol. The van der Waals surface area contributed by atoms with E-state index in [9.17, 15) is 9.36 Å². The zero-order valence-electron chi connectivity index (χ0n) is 11.0. The lowest BCUT2D eigenvalue weighted by atomic mass is 10.4. The highest BCUT2D eigenvalue weighted by Gasteiger charge is 2.08. The highest BCUT2D eigenvalue weighted by Crippen LogP contribution is 2.19. The van der Waals surface area contributed by atoms with E-state index < -0.39 is 7.80 Å². The monoisotopic (exact) mass is 264 g/mol. The Morgan fingerprint density at radius 1 is 1.06 bits per heavy atom. The number of unbranched alkanes of at least 4 members (excludes halogenated alkanes) is 2. The van der Waals surface area contributed by atoms with Gasteiger partial charge in [-0.25, -0.2) is 0 Å². The maximum Gasteiger partial charge on any atom is 0.312 e. The Labute approximate surface area is 105 Å². The number of carbonyl (C=O) groups excluding carboxylic acids is 1. The summed E-state index contributed by atoms with van der Waals surface area (Å²) in [5.74, 6) is -0.337. The van der Waals surface area contributed by atoms with Gasteiger partial charge in [-0.3, -0.25) is 4.79 Å². The van der Waals surface area contributed by atoms with Gasteiger partial charge in [-0.2, -0.15) is 0 Å². The summed E-state index contributed by atoms with van der Waals surface area (Å²) < 4.78 is 21.8. The normalized spacial score (nSPS) is 12.4. The molecule has 102 valence electrons. The van der Waals surface area contributed by atoms with Gasteiger partial charge in [-0.1, -0.05) is 26.7 Å². The molecule has 0 aliphatic heterocycles. The van der Waals surface area contributed by atoms with Crippen molar-refractivity contribution in [1.82, 2.24) is 0 Å². The van der Waals surface area contributed by atoms with Crippen LogP contribution < -0.4 is 0 Å². The largest absolute Gasteiger partial charge is 0.465 e. The van der Waals surface area contributed by atoms with E-state index in [0.29, 0.717) is 26.0 Å². The third-order valence-electron chi connectivity index (χ3n) is 2.27. The summed E-state index contributed by atoms with van der Waals surface area (Å²) in [5, 5.41) is 0. The molecule has 0 aromatic rings. The zero-order chi connectivity index (χ0) is 12.9. The maximum absolute atomic E-state index is 11.5. The molecule has 0 rings (SSSR count). The second-order valence-electron chi connectivity index (χ2n) is 4.01. The van der Waals surface area contributed by atoms with Crippen LogP contribution in [0.2, 0.25) is 0 Å². The molecule has 5 heteroatoms. The molecule has 1 atom stereocenters. The average Bonchev–Trinajstić information content (AvgIpc) is 2.29. The zero-order valence-corrected chi connectivity index (χ0v) is 12.0. The summed E-state index contributed by atoms with van der Waals surface area (Å²) >= 11 is 0. The minimum atomic E-state index is -1.86. The molecule has 0 N–H and O–H groups in total. The Morgan fingerprint density at radius 3 is 2.35 bits per heavy atom. The summed E-state index contributed by atoms with van der Waals surface area (Å²) in [4.78, 5) is 11.2. The maximum atomic E-state index is 11.5. The molecule has 4 nitrogen and oxygen atoms in total. The average molecular weight is 264 g/mol. The Bertz CT molecular complexity index is 219. The second-order valence-corrected chi connectivity index (χ2v) is 5.94. The van der Waals surface area contributed by atoms with E-state index in [2.05, 4.69) is 6.92 Å². The molecule has 0 fully saturated rings. The van der Waals surface area contributed by atoms with Crippen molar-refractivity contribution in [2.24, 2.45) is 0 Å². The molecule has 0 aliphatic rings. The van der Waals surface area contributed by atoms with Gasteiger partial charge < -0.3 is 14.0 Å². The first-order chi connectivity index (χ1) is 8.20. The predicted octanol–water partition coefficient (Wildman–Crippen LogP) is 2.71. The van der Waals surface area contributed by atoms with Crippen LogP contribution in [0, 0.1) is 0 Å². The Morgan fingerprint density at radius 2 is 1.71 bits per heavy atom. The van der Waals surface area contributed by atoms with Crippen LogP contribution in [0.4, 0.5) is 0 Å². The van der Waals surface area contributed by atoms with Gasteiger partial charge in [0.05, 0.1) is 27.2 Å². The molecular weight excluding hydrogens is 239 g/mol. The van der Waals surface area contributed by atoms with Gasteiger partial charge in [-0.15, -0.1) is 0 Å². The fourth-order valence-electron chi connectivity index (χ4n) is 1.17. The van der Waals surface area contributed by atoms with Crippen LogP contribution in [0.5, 0.6) is 0 Å². The standard InChI is InChI=1S/C12H25O4P/c1-3-5-7-15-9-10-17(14)11-12(13)16-8-6-4-2/h17H,3-11H2,1-2H3. The number of carbonyl (C=O) groups is 1. The summed E-state index contributed by atoms with van der Waals surface area (Å²) in [6.07, 6.45) is 4.53. The lowest BCUT2D eigenvalue weighted by Gasteiger charge is -2.05. The van der Waals surface area contributed by atoms with Crippen molar-refractivity contribution >= 4 is 13.8 Å². The fraction of sp³-hybridized carbons (Fsp3) is 0.917. The molecule has 0 bridgehead atoms. The summed E-state index contributed by atoms with van der Waals surface area (Å²) in [5.41, 5.74) is 0. The quantitative estimate of drug-likeness (QED) is 0.327. The molecule has 0 saturated carbocycles. The summed E-state index contributed by atoms with van der Waals surface area (Å²) in [7, 11) is -1.86. The van der Waals surface area contributed by atoms with Crippen molar-refractivity contribution in [3.63, 3.8) is 0 Å². The first kappa shape index (κ1) is 16.7. The van der Waals surface area contributed by atoms with Crippen LogP contribution in [0.1, 0.15) is 39.5 Å². The number of esters is 1. The number of hydrogen-bond acceptors (Lipinski definition) is 4. The smallest absolute Gasteiger partial charge is 0.312 e. The molecule has 0 aromatic heterocycles. The SMILES string of the molecule is CCCCOCC[PH](=O)CC(=O)OCCCC. The third-order valence-corrected chi connectivity index (χ3v) is 3.71. The lowest BCUT2D eigenvalue weighted by Crippen LogP contribution is -2.10. The van der Waals surface area contributed by atoms with Crippen LogP contribution in [-0.4, -0.2) is 38.1 Å². The molecule has 0 spiro atoms. The van der Waals surface area contributed by atoms with Gasteiger partial charge >= 0.3 is 5.97 Å². The van der Waals surface area contributed by atoms with Crippen molar-refractivity contribution in [1.29, 1.82) is 0 Å². The van der Waals surface area contributed by atoms with Crippen LogP contribution >= 0.6 is 7.80 Å². The van der Waals surface area contributed by atoms with Crippen LogP contribution in [0.3, 0.4) is 0 Å². The van der Waals surface area contributed by atoms with E-state index in [0.717, 1.165) is 25.7 Å². The molecule has 0 aromatic carbocycles. The Kier molecular flexibility index (Phi) is 11.9. The van der Waals surface area contributed by atoms with E-state index in [4.69, 9.17) is 9.47 Å². The van der Waals surface area contributed by atoms with E-state index in [1.807, 2.05) is 6.92 Å². The Balaban J connectivity index is 3.41. The summed E-state index contributed by atoms with van der Waals surface area (Å²) in [6.45, 7) is 5.77. The molecule has 17 heavy (non-hydrogen) atoms. The van der Waals surface area contributed by atoms with Crippen LogP contribution in [0.25, 0.3) is 0 Å². The molecular formula is C12H25O4P. The summed E-state index contributed by atoms with van der Waals surface area (Å²) in [6, 6.07) is 0. The van der Waals surface area contributed by atoms with Gasteiger partial charge in [0.1, 0.15) is 0 Å². The first-order valence-corrected chi connectivity index (χ1v) is 8.28. The molecule has 0 radical (unpaired) electrons. The highest BCUT2D eigenvalue weighted by molar-refractivity contribution is 7.45. The van der Waals surface area contributed by atoms with Crippen molar-refractivity contribution in [2.45, 2.75) is 39.5 Å². The van der Waals surface area contributed by atoms with Gasteiger partial charge in [0.2, 0.25) is 0 Å². The molecule has 1 unspecified atom stereocenters. The van der Waals surface area contributed by atoms with Crippen LogP contribution in [0.15, 0.2) is 0 Å². The van der Waals surface area contributed by atoms with Crippen LogP contribution in [-0.2, 0) is 18.8 Å². The van der Waals surface area contributed by atoms with Crippen molar-refractivity contribution < 1.29 is 18.8 Å². The second kappa shape index (κ2) is 12.1. The van der Waals surface area contributed by atoms with E-state index in [1.165, 1.54) is 0 Å². The van der Waals surface area contributed by atoms with E-state index in [1.54, 1.807) is 0 Å². The van der Waals surface area contributed by atoms with Gasteiger partial charge in [-0.05, 0) is 12.8 Å². The highest BCUT2D eigenvalue weighted by atomic mass is 31.1. The lowest BCUT2D eigenvalue weighted by molar-refractivity contribution is -0.140. The Hall–Kier alpha value is -0.340. The first-order valence-electron chi connectivity index (χ1n) is 6.45. The van der Waals surface area contributed by atoms with Gasteiger partial charge in [0, 0.05) is 12.8 Å². The van der Waals surface area contributed by atoms with Crippen molar-refractivity contribution in [3.8, 4) is 0 Å². The fourth-order valence-corrected chi connectivity index (χ4v) is 2.14. The van der Waals surface area contributed by atoms with E-state index >= 15 is 0 Å². The molecule has 0 heterocycles. The topological polar surface area (TPSA) is 52.6 Å². The number of rotatable bonds is 11. The van der Waals surface area contributed by atoms with E-state index in [-0.39, 0.29) is 12.1 Å². The van der Waals surface area contributed by atoms with Gasteiger partial charge in [0.25, 0.3) is 0 Å². The van der Waals surface area contributed by atoms with Crippen molar-refractivity contribution in [2.75, 3.05) is 32.1 Å². The molecule has 0 saturated heterocycles. The minimum absolute atomic E-state index is 0.0610. The minimum Gasteiger partial charge on any atom is -0.465 e. The third kappa shape index (κ3) is 11.9. The number of hydrogen-bond donors (Lipinski definition) is 0. The van der Waals surface area contributed by atoms with Crippen molar-refractivity contribution in [3.05, 3.63) is 0 Å². The number of ether oxygens (including phenoxy) is 2. The molecule has 0 amide bonds.